The third-order valence-corrected chi connectivity index (χ3v) is 2.86. The van der Waals surface area contributed by atoms with Crippen molar-refractivity contribution in [2.75, 3.05) is 13.1 Å². The van der Waals surface area contributed by atoms with Crippen molar-refractivity contribution in [2.45, 2.75) is 0 Å². The number of carbonyl (C=O) groups excluding carboxylic acids is 1. The molecule has 1 aromatic rings. The van der Waals surface area contributed by atoms with Crippen molar-refractivity contribution in [1.82, 2.24) is 4.90 Å². The number of benzene rings is 1. The van der Waals surface area contributed by atoms with Crippen LogP contribution in [-0.4, -0.2) is 23.9 Å². The molecule has 0 heterocycles. The van der Waals surface area contributed by atoms with E-state index in [0.717, 1.165) is 4.90 Å². The van der Waals surface area contributed by atoms with E-state index in [0.29, 0.717) is 15.1 Å². The number of amides is 1. The number of carbonyl (C=O) groups is 1. The van der Waals surface area contributed by atoms with Gasteiger partial charge in [-0.15, -0.1) is 0 Å². The van der Waals surface area contributed by atoms with Crippen LogP contribution in [-0.2, 0) is 0 Å². The highest BCUT2D eigenvalue weighted by Crippen LogP contribution is 2.22. The van der Waals surface area contributed by atoms with Gasteiger partial charge in [-0.05, 0) is 34.1 Å². The van der Waals surface area contributed by atoms with Gasteiger partial charge in [0.15, 0.2) is 0 Å². The molecule has 6 heteroatoms. The van der Waals surface area contributed by atoms with Gasteiger partial charge in [0.1, 0.15) is 13.1 Å². The zero-order valence-electron chi connectivity index (χ0n) is 8.65. The smallest absolute Gasteiger partial charge is 0.256 e. The van der Waals surface area contributed by atoms with Gasteiger partial charge in [-0.2, -0.15) is 10.5 Å². The highest BCUT2D eigenvalue weighted by molar-refractivity contribution is 9.10. The van der Waals surface area contributed by atoms with Crippen molar-refractivity contribution in [2.24, 2.45) is 0 Å². The van der Waals surface area contributed by atoms with E-state index in [9.17, 15) is 4.79 Å². The van der Waals surface area contributed by atoms with Crippen molar-refractivity contribution in [3.63, 3.8) is 0 Å². The lowest BCUT2D eigenvalue weighted by atomic mass is 10.2. The van der Waals surface area contributed by atoms with Gasteiger partial charge >= 0.3 is 0 Å². The predicted molar refractivity (Wildman–Crippen MR) is 66.3 cm³/mol. The monoisotopic (exact) mass is 311 g/mol. The Morgan fingerprint density at radius 3 is 2.41 bits per heavy atom. The van der Waals surface area contributed by atoms with Gasteiger partial charge in [0, 0.05) is 9.50 Å². The van der Waals surface area contributed by atoms with E-state index in [1.165, 1.54) is 0 Å². The molecule has 1 rings (SSSR count). The van der Waals surface area contributed by atoms with Crippen LogP contribution in [0.2, 0.25) is 5.02 Å². The number of hydrogen-bond acceptors (Lipinski definition) is 3. The SMILES string of the molecule is N#CCN(CC#N)C(=O)c1ccc(Cl)cc1Br. The molecule has 17 heavy (non-hydrogen) atoms. The molecule has 0 fully saturated rings. The van der Waals surface area contributed by atoms with Crippen LogP contribution >= 0.6 is 27.5 Å². The zero-order valence-corrected chi connectivity index (χ0v) is 11.0. The summed E-state index contributed by atoms with van der Waals surface area (Å²) in [6.07, 6.45) is 0. The molecule has 86 valence electrons. The maximum Gasteiger partial charge on any atom is 0.256 e. The number of halogens is 2. The first kappa shape index (κ1) is 13.5. The standard InChI is InChI=1S/C11H7BrClN3O/c12-10-7-8(13)1-2-9(10)11(17)16(5-3-14)6-4-15/h1-2,7H,5-6H2. The summed E-state index contributed by atoms with van der Waals surface area (Å²) in [6, 6.07) is 8.41. The molecule has 0 spiro atoms. The number of nitriles is 2. The molecule has 0 atom stereocenters. The van der Waals surface area contributed by atoms with E-state index in [4.69, 9.17) is 22.1 Å². The van der Waals surface area contributed by atoms with Gasteiger partial charge < -0.3 is 4.90 Å². The van der Waals surface area contributed by atoms with Crippen molar-refractivity contribution in [3.8, 4) is 12.1 Å². The van der Waals surface area contributed by atoms with E-state index in [1.54, 1.807) is 18.2 Å². The molecule has 0 unspecified atom stereocenters. The van der Waals surface area contributed by atoms with E-state index in [1.807, 2.05) is 12.1 Å². The van der Waals surface area contributed by atoms with Crippen LogP contribution in [0.5, 0.6) is 0 Å². The average molecular weight is 313 g/mol. The number of hydrogen-bond donors (Lipinski definition) is 0. The molecule has 0 radical (unpaired) electrons. The summed E-state index contributed by atoms with van der Waals surface area (Å²) in [5.74, 6) is -0.378. The highest BCUT2D eigenvalue weighted by atomic mass is 79.9. The normalized spacial score (nSPS) is 9.18. The fraction of sp³-hybridized carbons (Fsp3) is 0.182. The Balaban J connectivity index is 3.02. The lowest BCUT2D eigenvalue weighted by molar-refractivity contribution is 0.0794. The Bertz CT molecular complexity index is 502. The topological polar surface area (TPSA) is 67.9 Å². The summed E-state index contributed by atoms with van der Waals surface area (Å²) >= 11 is 8.98. The number of nitrogens with zero attached hydrogens (tertiary/aromatic N) is 3. The highest BCUT2D eigenvalue weighted by Gasteiger charge is 2.17. The van der Waals surface area contributed by atoms with Crippen molar-refractivity contribution in [1.29, 1.82) is 10.5 Å². The molecule has 0 aliphatic rings. The average Bonchev–Trinajstić information content (AvgIpc) is 2.28. The molecule has 1 amide bonds. The number of rotatable bonds is 3. The minimum atomic E-state index is -0.378. The van der Waals surface area contributed by atoms with Crippen LogP contribution in [0.1, 0.15) is 10.4 Å². The third kappa shape index (κ3) is 3.45. The van der Waals surface area contributed by atoms with Crippen LogP contribution in [0, 0.1) is 22.7 Å². The summed E-state index contributed by atoms with van der Waals surface area (Å²) in [7, 11) is 0. The Morgan fingerprint density at radius 2 is 1.94 bits per heavy atom. The summed E-state index contributed by atoms with van der Waals surface area (Å²) in [5.41, 5.74) is 0.375. The second-order valence-electron chi connectivity index (χ2n) is 3.10. The Labute approximate surface area is 112 Å². The third-order valence-electron chi connectivity index (χ3n) is 1.97. The van der Waals surface area contributed by atoms with E-state index in [2.05, 4.69) is 15.9 Å². The molecule has 4 nitrogen and oxygen atoms in total. The van der Waals surface area contributed by atoms with E-state index < -0.39 is 0 Å². The lowest BCUT2D eigenvalue weighted by Crippen LogP contribution is -2.32. The van der Waals surface area contributed by atoms with Gasteiger partial charge in [-0.25, -0.2) is 0 Å². The molecule has 0 aliphatic carbocycles. The maximum atomic E-state index is 12.0. The first-order valence-corrected chi connectivity index (χ1v) is 5.75. The molecular formula is C11H7BrClN3O. The Kier molecular flexibility index (Phi) is 4.96. The minimum Gasteiger partial charge on any atom is -0.312 e. The molecule has 0 aromatic heterocycles. The van der Waals surface area contributed by atoms with Crippen molar-refractivity contribution < 1.29 is 4.79 Å². The van der Waals surface area contributed by atoms with Crippen LogP contribution in [0.25, 0.3) is 0 Å². The fourth-order valence-corrected chi connectivity index (χ4v) is 2.06. The quantitative estimate of drug-likeness (QED) is 0.806. The van der Waals surface area contributed by atoms with Gasteiger partial charge in [0.2, 0.25) is 0 Å². The zero-order chi connectivity index (χ0) is 12.8. The maximum absolute atomic E-state index is 12.0. The second kappa shape index (κ2) is 6.24. The van der Waals surface area contributed by atoms with Gasteiger partial charge in [0.25, 0.3) is 5.91 Å². The molecular weight excluding hydrogens is 305 g/mol. The van der Waals surface area contributed by atoms with Crippen molar-refractivity contribution in [3.05, 3.63) is 33.3 Å². The summed E-state index contributed by atoms with van der Waals surface area (Å²) < 4.78 is 0.538. The van der Waals surface area contributed by atoms with E-state index >= 15 is 0 Å². The summed E-state index contributed by atoms with van der Waals surface area (Å²) in [4.78, 5) is 13.2. The first-order valence-electron chi connectivity index (χ1n) is 4.58. The largest absolute Gasteiger partial charge is 0.312 e. The summed E-state index contributed by atoms with van der Waals surface area (Å²) in [6.45, 7) is -0.247. The van der Waals surface area contributed by atoms with Gasteiger partial charge in [0.05, 0.1) is 17.7 Å². The lowest BCUT2D eigenvalue weighted by Gasteiger charge is -2.16. The molecule has 0 saturated carbocycles. The molecule has 0 bridgehead atoms. The van der Waals surface area contributed by atoms with Crippen LogP contribution < -0.4 is 0 Å². The first-order chi connectivity index (χ1) is 8.10. The van der Waals surface area contributed by atoms with Crippen molar-refractivity contribution >= 4 is 33.4 Å². The second-order valence-corrected chi connectivity index (χ2v) is 4.39. The predicted octanol–water partition coefficient (Wildman–Crippen LogP) is 2.59. The van der Waals surface area contributed by atoms with E-state index in [-0.39, 0.29) is 19.0 Å². The minimum absolute atomic E-state index is 0.124. The molecule has 0 N–H and O–H groups in total. The molecule has 0 saturated heterocycles. The Hall–Kier alpha value is -1.56. The van der Waals surface area contributed by atoms with Crippen LogP contribution in [0.15, 0.2) is 22.7 Å². The summed E-state index contributed by atoms with van der Waals surface area (Å²) in [5, 5.41) is 17.7. The molecule has 0 aliphatic heterocycles. The van der Waals surface area contributed by atoms with Crippen LogP contribution in [0.4, 0.5) is 0 Å². The van der Waals surface area contributed by atoms with Crippen LogP contribution in [0.3, 0.4) is 0 Å². The fourth-order valence-electron chi connectivity index (χ4n) is 1.20. The van der Waals surface area contributed by atoms with Gasteiger partial charge in [-0.3, -0.25) is 4.79 Å². The van der Waals surface area contributed by atoms with Gasteiger partial charge in [-0.1, -0.05) is 11.6 Å². The molecule has 1 aromatic carbocycles. The Morgan fingerprint density at radius 1 is 1.35 bits per heavy atom.